The summed E-state index contributed by atoms with van der Waals surface area (Å²) in [6.07, 6.45) is 13.8. The second-order valence-electron chi connectivity index (χ2n) is 8.40. The van der Waals surface area contributed by atoms with Crippen molar-refractivity contribution in [2.45, 2.75) is 64.3 Å². The van der Waals surface area contributed by atoms with Crippen LogP contribution in [-0.4, -0.2) is 27.1 Å². The molecule has 0 unspecified atom stereocenters. The van der Waals surface area contributed by atoms with Crippen molar-refractivity contribution in [3.63, 3.8) is 0 Å². The standard InChI is InChI=1S/C22H31ClN4/c1-3-24-17-8-6-16(7-9-17)13-21-25-14-19(23)22(26-21)18-10-11-27(2)20(18)12-15-4-5-15/h10-11,14-17,24H,3-9,12-13H2,1-2H3. The molecule has 5 heteroatoms. The van der Waals surface area contributed by atoms with Gasteiger partial charge in [0.25, 0.3) is 0 Å². The Labute approximate surface area is 167 Å². The third kappa shape index (κ3) is 4.55. The third-order valence-corrected chi connectivity index (χ3v) is 6.52. The molecule has 27 heavy (non-hydrogen) atoms. The summed E-state index contributed by atoms with van der Waals surface area (Å²) in [5.41, 5.74) is 3.46. The van der Waals surface area contributed by atoms with E-state index >= 15 is 0 Å². The molecule has 0 radical (unpaired) electrons. The molecule has 0 amide bonds. The highest BCUT2D eigenvalue weighted by Gasteiger charge is 2.26. The van der Waals surface area contributed by atoms with E-state index in [1.54, 1.807) is 6.20 Å². The number of hydrogen-bond acceptors (Lipinski definition) is 3. The Bertz CT molecular complexity index is 773. The first kappa shape index (κ1) is 18.9. The lowest BCUT2D eigenvalue weighted by Crippen LogP contribution is -2.33. The number of nitrogens with one attached hydrogen (secondary N) is 1. The van der Waals surface area contributed by atoms with Crippen LogP contribution in [0.25, 0.3) is 11.3 Å². The Kier molecular flexibility index (Phi) is 5.84. The molecular weight excluding hydrogens is 356 g/mol. The van der Waals surface area contributed by atoms with E-state index in [0.717, 1.165) is 36.8 Å². The minimum absolute atomic E-state index is 0.665. The van der Waals surface area contributed by atoms with E-state index in [1.807, 2.05) is 0 Å². The van der Waals surface area contributed by atoms with Gasteiger partial charge >= 0.3 is 0 Å². The first-order chi connectivity index (χ1) is 13.1. The normalized spacial score (nSPS) is 22.9. The minimum Gasteiger partial charge on any atom is -0.354 e. The van der Waals surface area contributed by atoms with E-state index in [1.165, 1.54) is 49.8 Å². The SMILES string of the molecule is CCNC1CCC(Cc2ncc(Cl)c(-c3ccn(C)c3CC3CC3)n2)CC1. The lowest BCUT2D eigenvalue weighted by atomic mass is 9.84. The summed E-state index contributed by atoms with van der Waals surface area (Å²) in [7, 11) is 2.13. The summed E-state index contributed by atoms with van der Waals surface area (Å²) in [5, 5.41) is 4.25. The van der Waals surface area contributed by atoms with Gasteiger partial charge in [0, 0.05) is 43.2 Å². The second-order valence-corrected chi connectivity index (χ2v) is 8.80. The molecule has 0 spiro atoms. The van der Waals surface area contributed by atoms with Gasteiger partial charge in [-0.25, -0.2) is 9.97 Å². The van der Waals surface area contributed by atoms with Crippen molar-refractivity contribution in [3.05, 3.63) is 35.0 Å². The van der Waals surface area contributed by atoms with Crippen LogP contribution >= 0.6 is 11.6 Å². The number of hydrogen-bond donors (Lipinski definition) is 1. The van der Waals surface area contributed by atoms with Crippen molar-refractivity contribution >= 4 is 11.6 Å². The van der Waals surface area contributed by atoms with Gasteiger partial charge in [0.2, 0.25) is 0 Å². The van der Waals surface area contributed by atoms with Crippen LogP contribution in [0, 0.1) is 11.8 Å². The maximum atomic E-state index is 6.52. The van der Waals surface area contributed by atoms with Crippen molar-refractivity contribution in [1.29, 1.82) is 0 Å². The minimum atomic E-state index is 0.665. The molecule has 1 N–H and O–H groups in total. The van der Waals surface area contributed by atoms with Gasteiger partial charge in [0.05, 0.1) is 10.7 Å². The average Bonchev–Trinajstić information content (AvgIpc) is 3.42. The van der Waals surface area contributed by atoms with Crippen LogP contribution < -0.4 is 5.32 Å². The monoisotopic (exact) mass is 386 g/mol. The van der Waals surface area contributed by atoms with Crippen LogP contribution in [-0.2, 0) is 19.9 Å². The number of rotatable bonds is 7. The number of aromatic nitrogens is 3. The molecule has 2 heterocycles. The van der Waals surface area contributed by atoms with Gasteiger partial charge in [0.1, 0.15) is 5.82 Å². The maximum absolute atomic E-state index is 6.52. The highest BCUT2D eigenvalue weighted by Crippen LogP contribution is 2.37. The third-order valence-electron chi connectivity index (χ3n) is 6.24. The molecule has 2 aliphatic rings. The van der Waals surface area contributed by atoms with Crippen LogP contribution in [0.5, 0.6) is 0 Å². The van der Waals surface area contributed by atoms with Crippen LogP contribution in [0.3, 0.4) is 0 Å². The first-order valence-corrected chi connectivity index (χ1v) is 10.9. The molecule has 0 saturated heterocycles. The fourth-order valence-corrected chi connectivity index (χ4v) is 4.63. The van der Waals surface area contributed by atoms with Crippen molar-refractivity contribution in [3.8, 4) is 11.3 Å². The molecule has 0 bridgehead atoms. The molecule has 4 nitrogen and oxygen atoms in total. The summed E-state index contributed by atoms with van der Waals surface area (Å²) in [6, 6.07) is 2.86. The molecule has 2 aromatic heterocycles. The number of aryl methyl sites for hydroxylation is 1. The largest absolute Gasteiger partial charge is 0.354 e. The van der Waals surface area contributed by atoms with E-state index < -0.39 is 0 Å². The van der Waals surface area contributed by atoms with E-state index in [9.17, 15) is 0 Å². The quantitative estimate of drug-likeness (QED) is 0.743. The second kappa shape index (κ2) is 8.32. The van der Waals surface area contributed by atoms with Gasteiger partial charge in [-0.2, -0.15) is 0 Å². The fraction of sp³-hybridized carbons (Fsp3) is 0.636. The van der Waals surface area contributed by atoms with Gasteiger partial charge < -0.3 is 9.88 Å². The fourth-order valence-electron chi connectivity index (χ4n) is 4.44. The first-order valence-electron chi connectivity index (χ1n) is 10.5. The lowest BCUT2D eigenvalue weighted by molar-refractivity contribution is 0.290. The summed E-state index contributed by atoms with van der Waals surface area (Å²) >= 11 is 6.52. The van der Waals surface area contributed by atoms with Crippen LogP contribution in [0.2, 0.25) is 5.02 Å². The molecule has 146 valence electrons. The Morgan fingerprint density at radius 1 is 1.11 bits per heavy atom. The highest BCUT2D eigenvalue weighted by atomic mass is 35.5. The molecule has 2 aliphatic carbocycles. The van der Waals surface area contributed by atoms with E-state index in [4.69, 9.17) is 16.6 Å². The Hall–Kier alpha value is -1.39. The van der Waals surface area contributed by atoms with Gasteiger partial charge in [-0.05, 0) is 69.4 Å². The zero-order valence-electron chi connectivity index (χ0n) is 16.5. The number of halogens is 1. The van der Waals surface area contributed by atoms with Gasteiger partial charge in [-0.15, -0.1) is 0 Å². The van der Waals surface area contributed by atoms with Crippen molar-refractivity contribution in [2.75, 3.05) is 6.54 Å². The molecule has 4 rings (SSSR count). The van der Waals surface area contributed by atoms with Crippen LogP contribution in [0.4, 0.5) is 0 Å². The van der Waals surface area contributed by atoms with Crippen LogP contribution in [0.1, 0.15) is 57.0 Å². The molecule has 2 saturated carbocycles. The van der Waals surface area contributed by atoms with Crippen molar-refractivity contribution < 1.29 is 0 Å². The topological polar surface area (TPSA) is 42.7 Å². The molecule has 0 aromatic carbocycles. The Morgan fingerprint density at radius 3 is 2.52 bits per heavy atom. The predicted molar refractivity (Wildman–Crippen MR) is 111 cm³/mol. The molecule has 0 aliphatic heterocycles. The lowest BCUT2D eigenvalue weighted by Gasteiger charge is -2.28. The highest BCUT2D eigenvalue weighted by molar-refractivity contribution is 6.32. The maximum Gasteiger partial charge on any atom is 0.129 e. The number of nitrogens with zero attached hydrogens (tertiary/aromatic N) is 3. The van der Waals surface area contributed by atoms with Crippen LogP contribution in [0.15, 0.2) is 18.5 Å². The zero-order valence-corrected chi connectivity index (χ0v) is 17.3. The van der Waals surface area contributed by atoms with Gasteiger partial charge in [-0.1, -0.05) is 18.5 Å². The Morgan fingerprint density at radius 2 is 1.81 bits per heavy atom. The van der Waals surface area contributed by atoms with Gasteiger partial charge in [-0.3, -0.25) is 0 Å². The summed E-state index contributed by atoms with van der Waals surface area (Å²) in [6.45, 7) is 3.26. The van der Waals surface area contributed by atoms with E-state index in [-0.39, 0.29) is 0 Å². The molecule has 2 fully saturated rings. The zero-order chi connectivity index (χ0) is 18.8. The van der Waals surface area contributed by atoms with Crippen molar-refractivity contribution in [2.24, 2.45) is 18.9 Å². The van der Waals surface area contributed by atoms with E-state index in [2.05, 4.69) is 41.1 Å². The Balaban J connectivity index is 1.49. The van der Waals surface area contributed by atoms with Gasteiger partial charge in [0.15, 0.2) is 0 Å². The predicted octanol–water partition coefficient (Wildman–Crippen LogP) is 4.80. The van der Waals surface area contributed by atoms with Crippen molar-refractivity contribution in [1.82, 2.24) is 19.9 Å². The summed E-state index contributed by atoms with van der Waals surface area (Å²) in [4.78, 5) is 9.48. The molecule has 2 aromatic rings. The summed E-state index contributed by atoms with van der Waals surface area (Å²) < 4.78 is 2.23. The smallest absolute Gasteiger partial charge is 0.129 e. The summed E-state index contributed by atoms with van der Waals surface area (Å²) in [5.74, 6) is 2.47. The average molecular weight is 387 g/mol. The molecular formula is C22H31ClN4. The van der Waals surface area contributed by atoms with E-state index in [0.29, 0.717) is 17.0 Å². The molecule has 0 atom stereocenters.